The lowest BCUT2D eigenvalue weighted by Crippen LogP contribution is -2.47. The van der Waals surface area contributed by atoms with E-state index in [2.05, 4.69) is 5.32 Å². The highest BCUT2D eigenvalue weighted by atomic mass is 35.5. The van der Waals surface area contributed by atoms with E-state index in [0.29, 0.717) is 31.9 Å². The lowest BCUT2D eigenvalue weighted by Gasteiger charge is -2.29. The summed E-state index contributed by atoms with van der Waals surface area (Å²) in [5.41, 5.74) is 0. The molecule has 1 amide bonds. The van der Waals surface area contributed by atoms with Crippen LogP contribution in [0.2, 0.25) is 5.02 Å². The molecule has 1 fully saturated rings. The summed E-state index contributed by atoms with van der Waals surface area (Å²) in [7, 11) is -2.35. The van der Waals surface area contributed by atoms with E-state index in [-0.39, 0.29) is 41.4 Å². The minimum Gasteiger partial charge on any atom is -0.495 e. The van der Waals surface area contributed by atoms with Gasteiger partial charge in [0.05, 0.1) is 23.1 Å². The van der Waals surface area contributed by atoms with Gasteiger partial charge in [-0.25, -0.2) is 8.42 Å². The number of hydrogen-bond donors (Lipinski definition) is 1. The monoisotopic (exact) mass is 461 g/mol. The van der Waals surface area contributed by atoms with Crippen LogP contribution in [0.4, 0.5) is 0 Å². The molecule has 1 heterocycles. The number of halogens is 1. The topological polar surface area (TPSA) is 88.2 Å². The van der Waals surface area contributed by atoms with Gasteiger partial charge in [-0.15, -0.1) is 0 Å². The minimum absolute atomic E-state index is 0.0390. The maximum Gasteiger partial charge on any atom is 0.243 e. The second-order valence-corrected chi connectivity index (χ2v) is 9.70. The van der Waals surface area contributed by atoms with E-state index >= 15 is 0 Å². The third-order valence-electron chi connectivity index (χ3n) is 4.81. The molecule has 8 nitrogen and oxygen atoms in total. The van der Waals surface area contributed by atoms with Crippen LogP contribution in [0.3, 0.4) is 0 Å². The highest BCUT2D eigenvalue weighted by molar-refractivity contribution is 7.89. The van der Waals surface area contributed by atoms with Crippen LogP contribution in [0.15, 0.2) is 23.1 Å². The van der Waals surface area contributed by atoms with E-state index < -0.39 is 10.0 Å². The van der Waals surface area contributed by atoms with Crippen LogP contribution < -0.4 is 10.1 Å². The second kappa shape index (κ2) is 11.9. The smallest absolute Gasteiger partial charge is 0.243 e. The van der Waals surface area contributed by atoms with Gasteiger partial charge >= 0.3 is 0 Å². The Morgan fingerprint density at radius 2 is 1.97 bits per heavy atom. The first-order valence-electron chi connectivity index (χ1n) is 10.2. The zero-order valence-corrected chi connectivity index (χ0v) is 19.5. The van der Waals surface area contributed by atoms with E-state index in [1.165, 1.54) is 29.6 Å². The predicted molar refractivity (Wildman–Crippen MR) is 117 cm³/mol. The van der Waals surface area contributed by atoms with Gasteiger partial charge in [0.1, 0.15) is 5.75 Å². The van der Waals surface area contributed by atoms with Gasteiger partial charge in [-0.2, -0.15) is 4.31 Å². The van der Waals surface area contributed by atoms with Crippen LogP contribution in [0, 0.1) is 0 Å². The van der Waals surface area contributed by atoms with Crippen molar-refractivity contribution < 1.29 is 22.7 Å². The van der Waals surface area contributed by atoms with Gasteiger partial charge in [0.2, 0.25) is 15.9 Å². The summed E-state index contributed by atoms with van der Waals surface area (Å²) in [5.74, 6) is 0.365. The number of amides is 1. The van der Waals surface area contributed by atoms with Crippen molar-refractivity contribution in [3.05, 3.63) is 23.2 Å². The van der Waals surface area contributed by atoms with Crippen molar-refractivity contribution in [2.75, 3.05) is 53.0 Å². The number of nitrogens with one attached hydrogen (secondary N) is 1. The number of piperazine rings is 1. The number of carbonyl (C=O) groups is 1. The Labute approximate surface area is 184 Å². The van der Waals surface area contributed by atoms with Gasteiger partial charge in [0.15, 0.2) is 0 Å². The van der Waals surface area contributed by atoms with Crippen LogP contribution in [0.25, 0.3) is 0 Å². The number of methoxy groups -OCH3 is 1. The van der Waals surface area contributed by atoms with Crippen molar-refractivity contribution in [2.24, 2.45) is 0 Å². The first-order valence-corrected chi connectivity index (χ1v) is 12.0. The molecule has 10 heteroatoms. The standard InChI is InChI=1S/C20H32ClN3O5S/c1-16(2)29-14-4-10-24(11-7-20(25)23-12-8-22-9-13-23)30(26,27)17-5-6-19(28-3)18(21)15-17/h5-6,15-16,22H,4,7-14H2,1-3H3. The molecule has 1 saturated heterocycles. The number of ether oxygens (including phenoxy) is 2. The average Bonchev–Trinajstić information content (AvgIpc) is 2.73. The fourth-order valence-corrected chi connectivity index (χ4v) is 4.99. The Kier molecular flexibility index (Phi) is 9.83. The van der Waals surface area contributed by atoms with Crippen molar-refractivity contribution in [3.8, 4) is 5.75 Å². The van der Waals surface area contributed by atoms with Gasteiger partial charge in [-0.3, -0.25) is 4.79 Å². The average molecular weight is 462 g/mol. The summed E-state index contributed by atoms with van der Waals surface area (Å²) in [6, 6.07) is 4.38. The Morgan fingerprint density at radius 1 is 1.27 bits per heavy atom. The van der Waals surface area contributed by atoms with Crippen molar-refractivity contribution in [1.29, 1.82) is 0 Å². The highest BCUT2D eigenvalue weighted by Crippen LogP contribution is 2.28. The molecule has 30 heavy (non-hydrogen) atoms. The van der Waals surface area contributed by atoms with Crippen LogP contribution in [-0.4, -0.2) is 82.6 Å². The Balaban J connectivity index is 2.12. The number of sulfonamides is 1. The van der Waals surface area contributed by atoms with Gasteiger partial charge in [-0.1, -0.05) is 11.6 Å². The molecule has 0 saturated carbocycles. The zero-order valence-electron chi connectivity index (χ0n) is 17.9. The molecule has 0 atom stereocenters. The molecule has 0 aliphatic carbocycles. The van der Waals surface area contributed by atoms with Crippen molar-refractivity contribution in [1.82, 2.24) is 14.5 Å². The molecule has 0 unspecified atom stereocenters. The SMILES string of the molecule is COc1ccc(S(=O)(=O)N(CCCOC(C)C)CCC(=O)N2CCNCC2)cc1Cl. The normalized spacial score (nSPS) is 15.1. The second-order valence-electron chi connectivity index (χ2n) is 7.35. The molecule has 2 rings (SSSR count). The predicted octanol–water partition coefficient (Wildman–Crippen LogP) is 1.98. The Hall–Kier alpha value is -1.39. The third kappa shape index (κ3) is 7.09. The maximum absolute atomic E-state index is 13.3. The van der Waals surface area contributed by atoms with E-state index in [0.717, 1.165) is 13.1 Å². The molecule has 1 aromatic carbocycles. The van der Waals surface area contributed by atoms with Gasteiger partial charge < -0.3 is 19.7 Å². The summed E-state index contributed by atoms with van der Waals surface area (Å²) < 4.78 is 38.5. The summed E-state index contributed by atoms with van der Waals surface area (Å²) in [5, 5.41) is 3.42. The van der Waals surface area contributed by atoms with Gasteiger partial charge in [-0.05, 0) is 38.5 Å². The lowest BCUT2D eigenvalue weighted by molar-refractivity contribution is -0.131. The first kappa shape index (κ1) is 24.9. The number of rotatable bonds is 11. The number of benzene rings is 1. The Morgan fingerprint density at radius 3 is 2.57 bits per heavy atom. The highest BCUT2D eigenvalue weighted by Gasteiger charge is 2.27. The van der Waals surface area contributed by atoms with Gasteiger partial charge in [0.25, 0.3) is 0 Å². The van der Waals surface area contributed by atoms with E-state index in [1.54, 1.807) is 4.90 Å². The fraction of sp³-hybridized carbons (Fsp3) is 0.650. The van der Waals surface area contributed by atoms with Crippen molar-refractivity contribution in [3.63, 3.8) is 0 Å². The largest absolute Gasteiger partial charge is 0.495 e. The molecular weight excluding hydrogens is 430 g/mol. The molecule has 0 spiro atoms. The molecule has 0 radical (unpaired) electrons. The third-order valence-corrected chi connectivity index (χ3v) is 7.00. The number of nitrogens with zero attached hydrogens (tertiary/aromatic N) is 2. The van der Waals surface area contributed by atoms with Crippen LogP contribution in [0.5, 0.6) is 5.75 Å². The fourth-order valence-electron chi connectivity index (χ4n) is 3.16. The van der Waals surface area contributed by atoms with E-state index in [4.69, 9.17) is 21.1 Å². The zero-order chi connectivity index (χ0) is 22.1. The van der Waals surface area contributed by atoms with E-state index in [1.807, 2.05) is 13.8 Å². The van der Waals surface area contributed by atoms with Gasteiger partial charge in [0, 0.05) is 52.3 Å². The van der Waals surface area contributed by atoms with Crippen molar-refractivity contribution >= 4 is 27.5 Å². The van der Waals surface area contributed by atoms with Crippen molar-refractivity contribution in [2.45, 2.75) is 37.7 Å². The summed E-state index contributed by atoms with van der Waals surface area (Å²) in [6.07, 6.45) is 0.738. The molecule has 1 N–H and O–H groups in total. The quantitative estimate of drug-likeness (QED) is 0.507. The summed E-state index contributed by atoms with van der Waals surface area (Å²) >= 11 is 6.14. The number of carbonyl (C=O) groups excluding carboxylic acids is 1. The minimum atomic E-state index is -3.82. The van der Waals surface area contributed by atoms with E-state index in [9.17, 15) is 13.2 Å². The van der Waals surface area contributed by atoms with Crippen LogP contribution in [-0.2, 0) is 19.6 Å². The molecule has 1 aliphatic heterocycles. The molecular formula is C20H32ClN3O5S. The molecule has 0 aromatic heterocycles. The molecule has 1 aliphatic rings. The molecule has 170 valence electrons. The molecule has 0 bridgehead atoms. The lowest BCUT2D eigenvalue weighted by atomic mass is 10.3. The maximum atomic E-state index is 13.3. The Bertz CT molecular complexity index is 798. The summed E-state index contributed by atoms with van der Waals surface area (Å²) in [6.45, 7) is 7.46. The summed E-state index contributed by atoms with van der Waals surface area (Å²) in [4.78, 5) is 14.4. The molecule has 1 aromatic rings. The number of hydrogen-bond acceptors (Lipinski definition) is 6. The van der Waals surface area contributed by atoms with Crippen LogP contribution >= 0.6 is 11.6 Å². The van der Waals surface area contributed by atoms with Crippen LogP contribution in [0.1, 0.15) is 26.7 Å². The first-order chi connectivity index (χ1) is 14.3.